The number of para-hydroxylation sites is 1. The van der Waals surface area contributed by atoms with Gasteiger partial charge in [-0.1, -0.05) is 18.2 Å². The predicted molar refractivity (Wildman–Crippen MR) is 120 cm³/mol. The average molecular weight is 450 g/mol. The molecule has 170 valence electrons. The van der Waals surface area contributed by atoms with Gasteiger partial charge < -0.3 is 28.8 Å². The molecule has 2 heterocycles. The van der Waals surface area contributed by atoms with Crippen LogP contribution in [-0.2, 0) is 23.8 Å². The van der Waals surface area contributed by atoms with Crippen LogP contribution >= 0.6 is 0 Å². The molecule has 9 heteroatoms. The standard InChI is InChI=1S/C24H22N2O7/c1-14-10-16(26-13-32-12-17(23(28)30-2)21(26)24(29)31-3)8-9-18(14)25-22(27)20-11-15-6-4-5-7-19(15)33-20/h4-11H,12-13H2,1-3H3,(H,25,27). The van der Waals surface area contributed by atoms with Crippen molar-refractivity contribution in [2.75, 3.05) is 37.8 Å². The molecule has 1 amide bonds. The van der Waals surface area contributed by atoms with Crippen molar-refractivity contribution in [3.63, 3.8) is 0 Å². The van der Waals surface area contributed by atoms with Crippen LogP contribution in [0.15, 0.2) is 64.2 Å². The molecule has 1 aliphatic rings. The molecule has 1 aromatic heterocycles. The van der Waals surface area contributed by atoms with Crippen LogP contribution in [0.5, 0.6) is 0 Å². The number of carbonyl (C=O) groups is 3. The number of hydrogen-bond acceptors (Lipinski definition) is 8. The predicted octanol–water partition coefficient (Wildman–Crippen LogP) is 3.39. The van der Waals surface area contributed by atoms with Crippen LogP contribution in [0.2, 0.25) is 0 Å². The summed E-state index contributed by atoms with van der Waals surface area (Å²) in [5, 5.41) is 3.68. The van der Waals surface area contributed by atoms with Crippen LogP contribution in [0, 0.1) is 6.92 Å². The minimum atomic E-state index is -0.682. The van der Waals surface area contributed by atoms with Gasteiger partial charge in [0.2, 0.25) is 0 Å². The number of fused-ring (bicyclic) bond motifs is 1. The van der Waals surface area contributed by atoms with Gasteiger partial charge in [0, 0.05) is 16.8 Å². The highest BCUT2D eigenvalue weighted by Gasteiger charge is 2.32. The van der Waals surface area contributed by atoms with Gasteiger partial charge in [-0.25, -0.2) is 9.59 Å². The Labute approximate surface area is 189 Å². The van der Waals surface area contributed by atoms with Gasteiger partial charge in [0.05, 0.1) is 26.4 Å². The smallest absolute Gasteiger partial charge is 0.355 e. The van der Waals surface area contributed by atoms with E-state index in [0.717, 1.165) is 10.9 Å². The molecular formula is C24H22N2O7. The van der Waals surface area contributed by atoms with Gasteiger partial charge in [-0.2, -0.15) is 0 Å². The van der Waals surface area contributed by atoms with E-state index in [1.54, 1.807) is 30.3 Å². The van der Waals surface area contributed by atoms with Crippen molar-refractivity contribution in [2.24, 2.45) is 0 Å². The summed E-state index contributed by atoms with van der Waals surface area (Å²) in [5.41, 5.74) is 2.62. The van der Waals surface area contributed by atoms with Crippen molar-refractivity contribution in [3.8, 4) is 0 Å². The highest BCUT2D eigenvalue weighted by Crippen LogP contribution is 2.30. The Morgan fingerprint density at radius 2 is 1.76 bits per heavy atom. The fraction of sp³-hybridized carbons (Fsp3) is 0.208. The number of rotatable bonds is 5. The van der Waals surface area contributed by atoms with E-state index in [0.29, 0.717) is 17.0 Å². The lowest BCUT2D eigenvalue weighted by molar-refractivity contribution is -0.140. The third-order valence-corrected chi connectivity index (χ3v) is 5.25. The molecule has 1 aliphatic heterocycles. The first-order valence-electron chi connectivity index (χ1n) is 10.1. The molecule has 0 bridgehead atoms. The molecule has 33 heavy (non-hydrogen) atoms. The normalized spacial score (nSPS) is 13.7. The highest BCUT2D eigenvalue weighted by molar-refractivity contribution is 6.05. The lowest BCUT2D eigenvalue weighted by atomic mass is 10.1. The second-order valence-electron chi connectivity index (χ2n) is 7.32. The number of ether oxygens (including phenoxy) is 3. The van der Waals surface area contributed by atoms with Crippen molar-refractivity contribution >= 4 is 40.2 Å². The molecule has 3 aromatic rings. The van der Waals surface area contributed by atoms with Crippen molar-refractivity contribution < 1.29 is 33.0 Å². The van der Waals surface area contributed by atoms with E-state index in [9.17, 15) is 14.4 Å². The molecule has 1 N–H and O–H groups in total. The Bertz CT molecular complexity index is 1240. The minimum Gasteiger partial charge on any atom is -0.466 e. The maximum atomic E-state index is 12.7. The molecule has 0 saturated carbocycles. The number of furan rings is 1. The summed E-state index contributed by atoms with van der Waals surface area (Å²) in [4.78, 5) is 38.8. The number of nitrogens with one attached hydrogen (secondary N) is 1. The van der Waals surface area contributed by atoms with Crippen LogP contribution in [0.25, 0.3) is 11.0 Å². The van der Waals surface area contributed by atoms with Crippen molar-refractivity contribution in [3.05, 3.63) is 71.1 Å². The minimum absolute atomic E-state index is 0.0368. The van der Waals surface area contributed by atoms with E-state index in [2.05, 4.69) is 5.32 Å². The van der Waals surface area contributed by atoms with Gasteiger partial charge in [0.25, 0.3) is 5.91 Å². The largest absolute Gasteiger partial charge is 0.466 e. The second kappa shape index (κ2) is 9.17. The molecule has 4 rings (SSSR count). The molecule has 9 nitrogen and oxygen atoms in total. The maximum absolute atomic E-state index is 12.7. The molecule has 0 saturated heterocycles. The summed E-state index contributed by atoms with van der Waals surface area (Å²) >= 11 is 0. The summed E-state index contributed by atoms with van der Waals surface area (Å²) < 4.78 is 20.8. The fourth-order valence-corrected chi connectivity index (χ4v) is 3.58. The SMILES string of the molecule is COC(=O)C1=C(C(=O)OC)N(c2ccc(NC(=O)c3cc4ccccc4o3)c(C)c2)COC1. The van der Waals surface area contributed by atoms with Crippen molar-refractivity contribution in [1.29, 1.82) is 0 Å². The molecule has 0 fully saturated rings. The monoisotopic (exact) mass is 450 g/mol. The number of benzene rings is 2. The Morgan fingerprint density at radius 1 is 1.00 bits per heavy atom. The third kappa shape index (κ3) is 4.31. The average Bonchev–Trinajstić information content (AvgIpc) is 3.28. The molecular weight excluding hydrogens is 428 g/mol. The molecule has 0 aliphatic carbocycles. The lowest BCUT2D eigenvalue weighted by Crippen LogP contribution is -2.38. The number of methoxy groups -OCH3 is 2. The van der Waals surface area contributed by atoms with Crippen molar-refractivity contribution in [2.45, 2.75) is 6.92 Å². The Morgan fingerprint density at radius 3 is 2.45 bits per heavy atom. The van der Waals surface area contributed by atoms with Gasteiger partial charge in [-0.3, -0.25) is 4.79 Å². The molecule has 0 spiro atoms. The van der Waals surface area contributed by atoms with Gasteiger partial charge in [0.1, 0.15) is 18.0 Å². The number of hydrogen-bond donors (Lipinski definition) is 1. The van der Waals surface area contributed by atoms with Crippen LogP contribution in [0.4, 0.5) is 11.4 Å². The highest BCUT2D eigenvalue weighted by atomic mass is 16.5. The van der Waals surface area contributed by atoms with E-state index in [4.69, 9.17) is 18.6 Å². The van der Waals surface area contributed by atoms with E-state index in [-0.39, 0.29) is 36.3 Å². The maximum Gasteiger partial charge on any atom is 0.355 e. The fourth-order valence-electron chi connectivity index (χ4n) is 3.58. The van der Waals surface area contributed by atoms with Crippen molar-refractivity contribution in [1.82, 2.24) is 0 Å². The van der Waals surface area contributed by atoms with Crippen LogP contribution in [0.1, 0.15) is 16.1 Å². The van der Waals surface area contributed by atoms with Gasteiger partial charge in [0.15, 0.2) is 5.76 Å². The second-order valence-corrected chi connectivity index (χ2v) is 7.32. The van der Waals surface area contributed by atoms with Crippen LogP contribution < -0.4 is 10.2 Å². The number of amides is 1. The van der Waals surface area contributed by atoms with E-state index in [1.807, 2.05) is 25.1 Å². The number of esters is 2. The van der Waals surface area contributed by atoms with Crippen LogP contribution in [-0.4, -0.2) is 45.4 Å². The third-order valence-electron chi connectivity index (χ3n) is 5.25. The Balaban J connectivity index is 1.61. The summed E-state index contributed by atoms with van der Waals surface area (Å²) in [6.07, 6.45) is 0. The lowest BCUT2D eigenvalue weighted by Gasteiger charge is -2.31. The van der Waals surface area contributed by atoms with E-state index in [1.165, 1.54) is 19.1 Å². The van der Waals surface area contributed by atoms with E-state index < -0.39 is 11.9 Å². The van der Waals surface area contributed by atoms with E-state index >= 15 is 0 Å². The molecule has 0 unspecified atom stereocenters. The van der Waals surface area contributed by atoms with Gasteiger partial charge in [-0.05, 0) is 42.8 Å². The number of anilines is 2. The topological polar surface area (TPSA) is 107 Å². The molecule has 0 atom stereocenters. The first kappa shape index (κ1) is 22.1. The Hall–Kier alpha value is -4.11. The summed E-state index contributed by atoms with van der Waals surface area (Å²) in [6, 6.07) is 14.2. The summed E-state index contributed by atoms with van der Waals surface area (Å²) in [7, 11) is 2.46. The van der Waals surface area contributed by atoms with Crippen LogP contribution in [0.3, 0.4) is 0 Å². The summed E-state index contributed by atoms with van der Waals surface area (Å²) in [5.74, 6) is -1.54. The number of nitrogens with zero attached hydrogens (tertiary/aromatic N) is 1. The Kier molecular flexibility index (Phi) is 6.14. The summed E-state index contributed by atoms with van der Waals surface area (Å²) in [6.45, 7) is 1.78. The first-order valence-corrected chi connectivity index (χ1v) is 10.1. The first-order chi connectivity index (χ1) is 15.9. The van der Waals surface area contributed by atoms with Gasteiger partial charge >= 0.3 is 11.9 Å². The molecule has 0 radical (unpaired) electrons. The van der Waals surface area contributed by atoms with Gasteiger partial charge in [-0.15, -0.1) is 0 Å². The zero-order valence-corrected chi connectivity index (χ0v) is 18.3. The number of carbonyl (C=O) groups excluding carboxylic acids is 3. The number of aryl methyl sites for hydroxylation is 1. The zero-order chi connectivity index (χ0) is 23.5. The quantitative estimate of drug-likeness (QED) is 0.590. The zero-order valence-electron chi connectivity index (χ0n) is 18.3. The molecule has 2 aromatic carbocycles.